The van der Waals surface area contributed by atoms with Crippen LogP contribution < -0.4 is 14.2 Å². The maximum Gasteiger partial charge on any atom is 0.379 e. The normalized spacial score (nSPS) is 13.3. The van der Waals surface area contributed by atoms with Gasteiger partial charge in [0.2, 0.25) is 0 Å². The second kappa shape index (κ2) is 6.80. The van der Waals surface area contributed by atoms with Crippen molar-refractivity contribution < 1.29 is 28.5 Å². The Morgan fingerprint density at radius 3 is 2.71 bits per heavy atom. The molecule has 0 unspecified atom stereocenters. The number of esters is 1. The summed E-state index contributed by atoms with van der Waals surface area (Å²) in [5.41, 5.74) is 0.0159. The van der Waals surface area contributed by atoms with Crippen LogP contribution in [0.15, 0.2) is 10.5 Å². The van der Waals surface area contributed by atoms with E-state index in [2.05, 4.69) is 15.9 Å². The molecule has 114 valence electrons. The summed E-state index contributed by atoms with van der Waals surface area (Å²) in [6.07, 6.45) is 0.682. The number of hydrogen-bond acceptors (Lipinski definition) is 6. The smallest absolute Gasteiger partial charge is 0.379 e. The van der Waals surface area contributed by atoms with Crippen molar-refractivity contribution >= 4 is 27.7 Å². The molecule has 6 nitrogen and oxygen atoms in total. The Hall–Kier alpha value is -1.76. The van der Waals surface area contributed by atoms with Gasteiger partial charge in [0.1, 0.15) is 11.3 Å². The minimum Gasteiger partial charge on any atom is -0.495 e. The highest BCUT2D eigenvalue weighted by Gasteiger charge is 2.31. The van der Waals surface area contributed by atoms with Crippen LogP contribution in [0.5, 0.6) is 17.2 Å². The third-order valence-electron chi connectivity index (χ3n) is 2.84. The molecule has 0 N–H and O–H groups in total. The minimum atomic E-state index is -0.955. The van der Waals surface area contributed by atoms with E-state index < -0.39 is 11.8 Å². The van der Waals surface area contributed by atoms with Crippen molar-refractivity contribution in [2.45, 2.75) is 13.3 Å². The summed E-state index contributed by atoms with van der Waals surface area (Å²) in [6, 6.07) is 1.65. The van der Waals surface area contributed by atoms with Crippen molar-refractivity contribution in [2.75, 3.05) is 26.9 Å². The SMILES string of the molecule is CCOC(=O)C(=O)c1c(OC)c(Br)cc2c1OCCCO2. The van der Waals surface area contributed by atoms with E-state index in [4.69, 9.17) is 18.9 Å². The van der Waals surface area contributed by atoms with E-state index in [1.54, 1.807) is 13.0 Å². The molecular weight excluding hydrogens is 344 g/mol. The molecule has 1 aromatic rings. The first-order valence-electron chi connectivity index (χ1n) is 6.47. The Kier molecular flexibility index (Phi) is 5.06. The van der Waals surface area contributed by atoms with Gasteiger partial charge in [0, 0.05) is 12.5 Å². The molecule has 1 aliphatic heterocycles. The Morgan fingerprint density at radius 1 is 1.33 bits per heavy atom. The summed E-state index contributed by atoms with van der Waals surface area (Å²) in [5, 5.41) is 0. The quantitative estimate of drug-likeness (QED) is 0.467. The van der Waals surface area contributed by atoms with Crippen LogP contribution in [0.3, 0.4) is 0 Å². The molecule has 2 rings (SSSR count). The second-order valence-electron chi connectivity index (χ2n) is 4.19. The van der Waals surface area contributed by atoms with Crippen molar-refractivity contribution in [3.63, 3.8) is 0 Å². The Bertz CT molecular complexity index is 569. The molecule has 0 amide bonds. The maximum atomic E-state index is 12.3. The fourth-order valence-corrected chi connectivity index (χ4v) is 2.53. The number of rotatable bonds is 4. The van der Waals surface area contributed by atoms with Gasteiger partial charge in [-0.2, -0.15) is 0 Å². The monoisotopic (exact) mass is 358 g/mol. The third-order valence-corrected chi connectivity index (χ3v) is 3.43. The average molecular weight is 359 g/mol. The predicted molar refractivity (Wildman–Crippen MR) is 77.3 cm³/mol. The van der Waals surface area contributed by atoms with Gasteiger partial charge in [-0.15, -0.1) is 0 Å². The van der Waals surface area contributed by atoms with Gasteiger partial charge in [-0.3, -0.25) is 4.79 Å². The van der Waals surface area contributed by atoms with Crippen LogP contribution in [-0.4, -0.2) is 38.7 Å². The lowest BCUT2D eigenvalue weighted by atomic mass is 10.1. The van der Waals surface area contributed by atoms with Crippen molar-refractivity contribution in [3.8, 4) is 17.2 Å². The van der Waals surface area contributed by atoms with Crippen molar-refractivity contribution in [3.05, 3.63) is 16.1 Å². The van der Waals surface area contributed by atoms with E-state index in [0.717, 1.165) is 0 Å². The standard InChI is InChI=1S/C14H15BrO6/c1-3-19-14(17)11(16)10-12(18-2)8(15)7-9-13(10)21-6-4-5-20-9/h7H,3-6H2,1-2H3. The molecule has 0 atom stereocenters. The van der Waals surface area contributed by atoms with Gasteiger partial charge in [-0.25, -0.2) is 4.79 Å². The molecule has 1 heterocycles. The number of carbonyl (C=O) groups excluding carboxylic acids is 2. The molecule has 7 heteroatoms. The number of halogens is 1. The first kappa shape index (κ1) is 15.6. The fourth-order valence-electron chi connectivity index (χ4n) is 1.96. The van der Waals surface area contributed by atoms with Crippen LogP contribution in [0.1, 0.15) is 23.7 Å². The summed E-state index contributed by atoms with van der Waals surface area (Å²) in [5.74, 6) is -0.948. The van der Waals surface area contributed by atoms with Gasteiger partial charge in [-0.1, -0.05) is 0 Å². The first-order chi connectivity index (χ1) is 10.1. The molecule has 0 saturated heterocycles. The summed E-state index contributed by atoms with van der Waals surface area (Å²) in [4.78, 5) is 24.1. The molecule has 0 bridgehead atoms. The highest BCUT2D eigenvalue weighted by atomic mass is 79.9. The Balaban J connectivity index is 2.58. The van der Waals surface area contributed by atoms with E-state index >= 15 is 0 Å². The lowest BCUT2D eigenvalue weighted by molar-refractivity contribution is -0.137. The number of ether oxygens (including phenoxy) is 4. The first-order valence-corrected chi connectivity index (χ1v) is 7.27. The molecule has 0 radical (unpaired) electrons. The van der Waals surface area contributed by atoms with Gasteiger partial charge in [-0.05, 0) is 22.9 Å². The predicted octanol–water partition coefficient (Wildman–Crippen LogP) is 2.36. The fraction of sp³-hybridized carbons (Fsp3) is 0.429. The summed E-state index contributed by atoms with van der Waals surface area (Å²) in [7, 11) is 1.41. The zero-order chi connectivity index (χ0) is 15.4. The highest BCUT2D eigenvalue weighted by molar-refractivity contribution is 9.10. The molecule has 1 aromatic carbocycles. The minimum absolute atomic E-state index is 0.0159. The van der Waals surface area contributed by atoms with E-state index in [9.17, 15) is 9.59 Å². The van der Waals surface area contributed by atoms with E-state index in [1.165, 1.54) is 7.11 Å². The maximum absolute atomic E-state index is 12.3. The molecule has 0 saturated carbocycles. The number of carbonyl (C=O) groups is 2. The number of benzene rings is 1. The number of hydrogen-bond donors (Lipinski definition) is 0. The van der Waals surface area contributed by atoms with Crippen LogP contribution in [0.25, 0.3) is 0 Å². The average Bonchev–Trinajstić information content (AvgIpc) is 2.70. The molecule has 0 aliphatic carbocycles. The molecule has 0 aromatic heterocycles. The topological polar surface area (TPSA) is 71.1 Å². The van der Waals surface area contributed by atoms with E-state index in [1.807, 2.05) is 0 Å². The van der Waals surface area contributed by atoms with Gasteiger partial charge in [0.25, 0.3) is 5.78 Å². The Labute approximate surface area is 130 Å². The summed E-state index contributed by atoms with van der Waals surface area (Å²) in [6.45, 7) is 2.60. The molecule has 0 fully saturated rings. The van der Waals surface area contributed by atoms with Gasteiger partial charge >= 0.3 is 5.97 Å². The van der Waals surface area contributed by atoms with E-state index in [-0.39, 0.29) is 23.7 Å². The van der Waals surface area contributed by atoms with Gasteiger partial charge in [0.05, 0.1) is 31.4 Å². The number of ketones is 1. The van der Waals surface area contributed by atoms with Crippen LogP contribution in [-0.2, 0) is 9.53 Å². The van der Waals surface area contributed by atoms with Gasteiger partial charge < -0.3 is 18.9 Å². The molecule has 0 spiro atoms. The number of fused-ring (bicyclic) bond motifs is 1. The Morgan fingerprint density at radius 2 is 2.05 bits per heavy atom. The van der Waals surface area contributed by atoms with Crippen molar-refractivity contribution in [1.82, 2.24) is 0 Å². The van der Waals surface area contributed by atoms with Crippen LogP contribution in [0, 0.1) is 0 Å². The van der Waals surface area contributed by atoms with E-state index in [0.29, 0.717) is 29.9 Å². The third kappa shape index (κ3) is 3.12. The molecule has 21 heavy (non-hydrogen) atoms. The van der Waals surface area contributed by atoms with Crippen molar-refractivity contribution in [1.29, 1.82) is 0 Å². The zero-order valence-electron chi connectivity index (χ0n) is 11.7. The second-order valence-corrected chi connectivity index (χ2v) is 5.05. The zero-order valence-corrected chi connectivity index (χ0v) is 13.3. The summed E-state index contributed by atoms with van der Waals surface area (Å²) < 4.78 is 21.6. The number of methoxy groups -OCH3 is 1. The van der Waals surface area contributed by atoms with Crippen LogP contribution in [0.4, 0.5) is 0 Å². The molecule has 1 aliphatic rings. The lowest BCUT2D eigenvalue weighted by Crippen LogP contribution is -2.19. The van der Waals surface area contributed by atoms with Crippen molar-refractivity contribution in [2.24, 2.45) is 0 Å². The van der Waals surface area contributed by atoms with Crippen LogP contribution in [0.2, 0.25) is 0 Å². The highest BCUT2D eigenvalue weighted by Crippen LogP contribution is 2.44. The lowest BCUT2D eigenvalue weighted by Gasteiger charge is -2.16. The summed E-state index contributed by atoms with van der Waals surface area (Å²) >= 11 is 3.30. The largest absolute Gasteiger partial charge is 0.495 e. The van der Waals surface area contributed by atoms with Gasteiger partial charge in [0.15, 0.2) is 11.5 Å². The van der Waals surface area contributed by atoms with Crippen LogP contribution >= 0.6 is 15.9 Å². The number of Topliss-reactive ketones (excluding diaryl/α,β-unsaturated/α-hetero) is 1. The molecular formula is C14H15BrO6.